The molecule has 8 heteroatoms. The maximum Gasteiger partial charge on any atom is 0.237 e. The molecule has 1 saturated heterocycles. The summed E-state index contributed by atoms with van der Waals surface area (Å²) in [7, 11) is 1.32. The third-order valence-electron chi connectivity index (χ3n) is 2.99. The van der Waals surface area contributed by atoms with E-state index in [2.05, 4.69) is 0 Å². The van der Waals surface area contributed by atoms with Crippen LogP contribution < -0.4 is 0 Å². The molecule has 1 aliphatic rings. The topological polar surface area (TPSA) is 54.5 Å². The van der Waals surface area contributed by atoms with Gasteiger partial charge in [-0.15, -0.1) is 0 Å². The minimum Gasteiger partial charge on any atom is -0.337 e. The molecule has 1 fully saturated rings. The summed E-state index contributed by atoms with van der Waals surface area (Å²) in [6.45, 7) is -0.460. The van der Waals surface area contributed by atoms with Crippen molar-refractivity contribution in [2.24, 2.45) is 0 Å². The summed E-state index contributed by atoms with van der Waals surface area (Å²) in [5.74, 6) is -2.04. The summed E-state index contributed by atoms with van der Waals surface area (Å²) in [6.07, 6.45) is -0.262. The van der Waals surface area contributed by atoms with Crippen LogP contribution in [0.4, 0.5) is 8.78 Å². The van der Waals surface area contributed by atoms with Gasteiger partial charge in [0.1, 0.15) is 16.9 Å². The lowest BCUT2D eigenvalue weighted by Crippen LogP contribution is -2.27. The quantitative estimate of drug-likeness (QED) is 0.798. The van der Waals surface area contributed by atoms with Crippen molar-refractivity contribution in [3.63, 3.8) is 0 Å². The van der Waals surface area contributed by atoms with Crippen molar-refractivity contribution in [2.45, 2.75) is 18.2 Å². The lowest BCUT2D eigenvalue weighted by atomic mass is 10.2. The van der Waals surface area contributed by atoms with Gasteiger partial charge in [0.15, 0.2) is 0 Å². The van der Waals surface area contributed by atoms with Gasteiger partial charge in [-0.25, -0.2) is 17.2 Å². The molecule has 1 unspecified atom stereocenters. The highest BCUT2D eigenvalue weighted by Gasteiger charge is 2.37. The second-order valence-electron chi connectivity index (χ2n) is 4.28. The van der Waals surface area contributed by atoms with Crippen molar-refractivity contribution >= 4 is 25.6 Å². The van der Waals surface area contributed by atoms with E-state index < -0.39 is 31.8 Å². The fourth-order valence-electron chi connectivity index (χ4n) is 1.95. The number of halogens is 3. The zero-order valence-corrected chi connectivity index (χ0v) is 11.2. The summed E-state index contributed by atoms with van der Waals surface area (Å²) >= 11 is 0. The number of hydrogen-bond donors (Lipinski definition) is 0. The average Bonchev–Trinajstić information content (AvgIpc) is 2.65. The van der Waals surface area contributed by atoms with E-state index in [1.807, 2.05) is 0 Å². The number of amides is 1. The predicted molar refractivity (Wildman–Crippen MR) is 65.0 cm³/mol. The van der Waals surface area contributed by atoms with Crippen LogP contribution in [0.3, 0.4) is 0 Å². The normalized spacial score (nSPS) is 20.1. The lowest BCUT2D eigenvalue weighted by Gasteiger charge is -2.16. The average molecular weight is 310 g/mol. The molecule has 1 heterocycles. The molecule has 0 N–H and O–H groups in total. The van der Waals surface area contributed by atoms with Crippen molar-refractivity contribution in [1.82, 2.24) is 4.90 Å². The van der Waals surface area contributed by atoms with Crippen LogP contribution in [0.25, 0.3) is 0 Å². The molecule has 0 saturated carbocycles. The molecule has 1 aromatic carbocycles. The Bertz CT molecular complexity index is 600. The lowest BCUT2D eigenvalue weighted by molar-refractivity contribution is -0.128. The van der Waals surface area contributed by atoms with Gasteiger partial charge in [-0.2, -0.15) is 0 Å². The number of benzene rings is 1. The number of carbonyl (C=O) groups is 1. The molecular formula is C11H10ClF2NO3S. The van der Waals surface area contributed by atoms with Gasteiger partial charge in [0.05, 0.1) is 6.54 Å². The third kappa shape index (κ3) is 3.03. The van der Waals surface area contributed by atoms with Gasteiger partial charge in [0.2, 0.25) is 15.0 Å². The molecular weight excluding hydrogens is 300 g/mol. The summed E-state index contributed by atoms with van der Waals surface area (Å²) < 4.78 is 49.2. The van der Waals surface area contributed by atoms with E-state index in [-0.39, 0.29) is 25.1 Å². The van der Waals surface area contributed by atoms with Crippen molar-refractivity contribution in [3.05, 3.63) is 35.4 Å². The Hall–Kier alpha value is -1.21. The highest BCUT2D eigenvalue weighted by Crippen LogP contribution is 2.24. The fourth-order valence-corrected chi connectivity index (χ4v) is 3.01. The van der Waals surface area contributed by atoms with E-state index in [0.717, 1.165) is 17.0 Å². The van der Waals surface area contributed by atoms with Gasteiger partial charge in [-0.1, -0.05) is 6.07 Å². The van der Waals surface area contributed by atoms with E-state index in [1.165, 1.54) is 6.07 Å². The Morgan fingerprint density at radius 2 is 1.89 bits per heavy atom. The van der Waals surface area contributed by atoms with Crippen LogP contribution in [0.1, 0.15) is 12.0 Å². The molecule has 1 aliphatic heterocycles. The second kappa shape index (κ2) is 5.05. The molecule has 2 rings (SSSR count). The van der Waals surface area contributed by atoms with Gasteiger partial charge >= 0.3 is 0 Å². The van der Waals surface area contributed by atoms with Crippen LogP contribution in [0.2, 0.25) is 0 Å². The maximum absolute atomic E-state index is 13.4. The van der Waals surface area contributed by atoms with Crippen LogP contribution >= 0.6 is 10.7 Å². The van der Waals surface area contributed by atoms with Gasteiger partial charge in [-0.3, -0.25) is 4.79 Å². The second-order valence-corrected chi connectivity index (χ2v) is 7.18. The number of nitrogens with zero attached hydrogens (tertiary/aromatic N) is 1. The highest BCUT2D eigenvalue weighted by atomic mass is 35.7. The Morgan fingerprint density at radius 1 is 1.32 bits per heavy atom. The number of hydrogen-bond acceptors (Lipinski definition) is 3. The van der Waals surface area contributed by atoms with Gasteiger partial charge in [-0.05, 0) is 12.1 Å². The Kier molecular flexibility index (Phi) is 3.78. The first-order valence-corrected chi connectivity index (χ1v) is 7.80. The summed E-state index contributed by atoms with van der Waals surface area (Å²) in [6, 6.07) is 3.37. The monoisotopic (exact) mass is 309 g/mol. The van der Waals surface area contributed by atoms with Crippen molar-refractivity contribution in [3.8, 4) is 0 Å². The minimum absolute atomic E-state index is 0.154. The molecule has 4 nitrogen and oxygen atoms in total. The van der Waals surface area contributed by atoms with E-state index >= 15 is 0 Å². The Labute approximate surface area is 113 Å². The standard InChI is InChI=1S/C11H10ClF2NO3S/c12-19(17,18)7-4-11(16)15(5-7)6-8-9(13)2-1-3-10(8)14/h1-3,7H,4-6H2. The molecule has 0 bridgehead atoms. The van der Waals surface area contributed by atoms with Crippen molar-refractivity contribution in [2.75, 3.05) is 6.54 Å². The SMILES string of the molecule is O=C1CC(S(=O)(=O)Cl)CN1Cc1c(F)cccc1F. The predicted octanol–water partition coefficient (Wildman–Crippen LogP) is 1.63. The van der Waals surface area contributed by atoms with Gasteiger partial charge < -0.3 is 4.90 Å². The zero-order valence-electron chi connectivity index (χ0n) is 9.64. The first-order valence-electron chi connectivity index (χ1n) is 5.43. The number of carbonyl (C=O) groups excluding carboxylic acids is 1. The van der Waals surface area contributed by atoms with E-state index in [9.17, 15) is 22.0 Å². The number of rotatable bonds is 3. The molecule has 0 aromatic heterocycles. The molecule has 0 radical (unpaired) electrons. The van der Waals surface area contributed by atoms with Crippen LogP contribution in [0.15, 0.2) is 18.2 Å². The third-order valence-corrected chi connectivity index (χ3v) is 4.86. The molecule has 1 amide bonds. The van der Waals surface area contributed by atoms with E-state index in [4.69, 9.17) is 10.7 Å². The van der Waals surface area contributed by atoms with Gasteiger partial charge in [0, 0.05) is 29.2 Å². The first kappa shape index (κ1) is 14.2. The van der Waals surface area contributed by atoms with Gasteiger partial charge in [0.25, 0.3) is 0 Å². The fraction of sp³-hybridized carbons (Fsp3) is 0.364. The molecule has 0 aliphatic carbocycles. The van der Waals surface area contributed by atoms with E-state index in [0.29, 0.717) is 0 Å². The Morgan fingerprint density at radius 3 is 2.37 bits per heavy atom. The molecule has 1 atom stereocenters. The smallest absolute Gasteiger partial charge is 0.237 e. The minimum atomic E-state index is -3.86. The summed E-state index contributed by atoms with van der Waals surface area (Å²) in [4.78, 5) is 12.7. The van der Waals surface area contributed by atoms with Crippen LogP contribution in [0, 0.1) is 11.6 Å². The highest BCUT2D eigenvalue weighted by molar-refractivity contribution is 8.14. The molecule has 104 valence electrons. The van der Waals surface area contributed by atoms with Crippen molar-refractivity contribution < 1.29 is 22.0 Å². The molecule has 1 aromatic rings. The molecule has 0 spiro atoms. The molecule has 19 heavy (non-hydrogen) atoms. The largest absolute Gasteiger partial charge is 0.337 e. The summed E-state index contributed by atoms with van der Waals surface area (Å²) in [5, 5.41) is -1.03. The first-order chi connectivity index (χ1) is 8.79. The van der Waals surface area contributed by atoms with Crippen LogP contribution in [0.5, 0.6) is 0 Å². The van der Waals surface area contributed by atoms with Crippen LogP contribution in [-0.2, 0) is 20.4 Å². The maximum atomic E-state index is 13.4. The number of likely N-dealkylation sites (tertiary alicyclic amines) is 1. The summed E-state index contributed by atoms with van der Waals surface area (Å²) in [5.41, 5.74) is -0.261. The van der Waals surface area contributed by atoms with Crippen molar-refractivity contribution in [1.29, 1.82) is 0 Å². The van der Waals surface area contributed by atoms with Crippen LogP contribution in [-0.4, -0.2) is 31.0 Å². The zero-order chi connectivity index (χ0) is 14.2. The Balaban J connectivity index is 2.19. The van der Waals surface area contributed by atoms with E-state index in [1.54, 1.807) is 0 Å².